The Morgan fingerprint density at radius 3 is 2.18 bits per heavy atom. The minimum Gasteiger partial charge on any atom is -0.493 e. The molecule has 34 heavy (non-hydrogen) atoms. The first-order valence-corrected chi connectivity index (χ1v) is 10.9. The van der Waals surface area contributed by atoms with E-state index < -0.39 is 0 Å². The van der Waals surface area contributed by atoms with Crippen molar-refractivity contribution in [2.24, 2.45) is 0 Å². The highest BCUT2D eigenvalue weighted by Crippen LogP contribution is 2.40. The van der Waals surface area contributed by atoms with Crippen LogP contribution < -0.4 is 19.5 Å². The molecule has 0 radical (unpaired) electrons. The zero-order chi connectivity index (χ0) is 24.4. The van der Waals surface area contributed by atoms with Crippen molar-refractivity contribution in [2.75, 3.05) is 26.6 Å². The summed E-state index contributed by atoms with van der Waals surface area (Å²) in [4.78, 5) is 17.8. The van der Waals surface area contributed by atoms with E-state index in [1.807, 2.05) is 43.5 Å². The minimum absolute atomic E-state index is 0.150. The van der Waals surface area contributed by atoms with Gasteiger partial charge >= 0.3 is 0 Å². The lowest BCUT2D eigenvalue weighted by molar-refractivity contribution is -0.115. The lowest BCUT2D eigenvalue weighted by Gasteiger charge is -2.15. The van der Waals surface area contributed by atoms with Crippen LogP contribution in [0.5, 0.6) is 17.2 Å². The Balaban J connectivity index is 1.66. The molecular weight excluding hydrogens is 432 g/mol. The van der Waals surface area contributed by atoms with Gasteiger partial charge < -0.3 is 19.5 Å². The number of aryl methyl sites for hydroxylation is 3. The molecule has 0 saturated heterocycles. The predicted octanol–water partition coefficient (Wildman–Crippen LogP) is 4.53. The molecule has 1 N–H and O–H groups in total. The molecule has 2 aromatic carbocycles. The molecule has 0 fully saturated rings. The standard InChI is InChI=1S/C26H28N4O4/c1-15-20(14-23(31)28-19-12-21(32-4)25(34-6)22(13-19)33-5)17(3)30-26(27-15)24(16(2)29-30)18-10-8-7-9-11-18/h7-13H,14H2,1-6H3,(H,28,31). The molecule has 0 aliphatic heterocycles. The van der Waals surface area contributed by atoms with Crippen molar-refractivity contribution in [1.29, 1.82) is 0 Å². The van der Waals surface area contributed by atoms with Crippen molar-refractivity contribution in [3.8, 4) is 28.4 Å². The molecule has 0 spiro atoms. The van der Waals surface area contributed by atoms with Crippen LogP contribution in [0.2, 0.25) is 0 Å². The zero-order valence-electron chi connectivity index (χ0n) is 20.2. The molecule has 0 saturated carbocycles. The first-order valence-electron chi connectivity index (χ1n) is 10.9. The summed E-state index contributed by atoms with van der Waals surface area (Å²) in [5.74, 6) is 1.21. The summed E-state index contributed by atoms with van der Waals surface area (Å²) < 4.78 is 17.9. The molecule has 0 unspecified atom stereocenters. The van der Waals surface area contributed by atoms with Crippen LogP contribution in [0.1, 0.15) is 22.6 Å². The summed E-state index contributed by atoms with van der Waals surface area (Å²) in [6.07, 6.45) is 0.150. The van der Waals surface area contributed by atoms with Gasteiger partial charge in [0.2, 0.25) is 11.7 Å². The minimum atomic E-state index is -0.186. The molecular formula is C26H28N4O4. The summed E-state index contributed by atoms with van der Waals surface area (Å²) in [6.45, 7) is 5.86. The van der Waals surface area contributed by atoms with E-state index in [2.05, 4.69) is 17.4 Å². The molecule has 8 nitrogen and oxygen atoms in total. The van der Waals surface area contributed by atoms with Gasteiger partial charge in [-0.2, -0.15) is 5.10 Å². The first kappa shape index (κ1) is 23.1. The van der Waals surface area contributed by atoms with E-state index in [1.165, 1.54) is 21.3 Å². The monoisotopic (exact) mass is 460 g/mol. The van der Waals surface area contributed by atoms with Crippen LogP contribution in [-0.4, -0.2) is 41.8 Å². The van der Waals surface area contributed by atoms with Gasteiger partial charge in [-0.15, -0.1) is 0 Å². The van der Waals surface area contributed by atoms with E-state index in [4.69, 9.17) is 24.3 Å². The maximum Gasteiger partial charge on any atom is 0.228 e. The lowest BCUT2D eigenvalue weighted by Crippen LogP contribution is -2.18. The average molecular weight is 461 g/mol. The SMILES string of the molecule is COc1cc(NC(=O)Cc2c(C)nc3c(-c4ccccc4)c(C)nn3c2C)cc(OC)c1OC. The zero-order valence-corrected chi connectivity index (χ0v) is 20.2. The Bertz CT molecular complexity index is 1340. The van der Waals surface area contributed by atoms with Gasteiger partial charge in [0.1, 0.15) is 0 Å². The van der Waals surface area contributed by atoms with Crippen LogP contribution in [0.3, 0.4) is 0 Å². The fourth-order valence-electron chi connectivity index (χ4n) is 4.19. The number of rotatable bonds is 7. The fourth-order valence-corrected chi connectivity index (χ4v) is 4.19. The second kappa shape index (κ2) is 9.43. The molecule has 0 aliphatic carbocycles. The van der Waals surface area contributed by atoms with Crippen LogP contribution in [0.15, 0.2) is 42.5 Å². The van der Waals surface area contributed by atoms with Crippen LogP contribution in [0, 0.1) is 20.8 Å². The average Bonchev–Trinajstić information content (AvgIpc) is 3.17. The number of anilines is 1. The maximum atomic E-state index is 13.0. The van der Waals surface area contributed by atoms with Crippen molar-refractivity contribution in [2.45, 2.75) is 27.2 Å². The van der Waals surface area contributed by atoms with Crippen molar-refractivity contribution in [3.63, 3.8) is 0 Å². The highest BCUT2D eigenvalue weighted by Gasteiger charge is 2.20. The van der Waals surface area contributed by atoms with Crippen LogP contribution in [0.25, 0.3) is 16.8 Å². The van der Waals surface area contributed by atoms with Crippen molar-refractivity contribution in [3.05, 3.63) is 65.1 Å². The van der Waals surface area contributed by atoms with E-state index in [-0.39, 0.29) is 12.3 Å². The van der Waals surface area contributed by atoms with Gasteiger partial charge in [0, 0.05) is 40.3 Å². The number of hydrogen-bond donors (Lipinski definition) is 1. The molecule has 0 bridgehead atoms. The number of carbonyl (C=O) groups excluding carboxylic acids is 1. The number of fused-ring (bicyclic) bond motifs is 1. The number of ether oxygens (including phenoxy) is 3. The van der Waals surface area contributed by atoms with Gasteiger partial charge in [-0.1, -0.05) is 30.3 Å². The Morgan fingerprint density at radius 2 is 1.59 bits per heavy atom. The lowest BCUT2D eigenvalue weighted by atomic mass is 10.1. The molecule has 176 valence electrons. The molecule has 8 heteroatoms. The van der Waals surface area contributed by atoms with E-state index in [0.29, 0.717) is 22.9 Å². The predicted molar refractivity (Wildman–Crippen MR) is 131 cm³/mol. The topological polar surface area (TPSA) is 87.0 Å². The molecule has 0 aliphatic rings. The molecule has 0 atom stereocenters. The first-order chi connectivity index (χ1) is 16.4. The van der Waals surface area contributed by atoms with Crippen molar-refractivity contribution in [1.82, 2.24) is 14.6 Å². The Morgan fingerprint density at radius 1 is 0.941 bits per heavy atom. The quantitative estimate of drug-likeness (QED) is 0.436. The molecule has 4 rings (SSSR count). The van der Waals surface area contributed by atoms with Gasteiger partial charge in [-0.25, -0.2) is 9.50 Å². The number of amides is 1. The number of aromatic nitrogens is 3. The van der Waals surface area contributed by atoms with Crippen LogP contribution in [-0.2, 0) is 11.2 Å². The fraction of sp³-hybridized carbons (Fsp3) is 0.269. The third-order valence-corrected chi connectivity index (χ3v) is 5.85. The van der Waals surface area contributed by atoms with Crippen LogP contribution >= 0.6 is 0 Å². The highest BCUT2D eigenvalue weighted by molar-refractivity contribution is 5.93. The smallest absolute Gasteiger partial charge is 0.228 e. The highest BCUT2D eigenvalue weighted by atomic mass is 16.5. The third-order valence-electron chi connectivity index (χ3n) is 5.85. The van der Waals surface area contributed by atoms with E-state index in [0.717, 1.165) is 39.4 Å². The summed E-state index contributed by atoms with van der Waals surface area (Å²) in [6, 6.07) is 13.5. The maximum absolute atomic E-state index is 13.0. The Kier molecular flexibility index (Phi) is 6.40. The molecule has 4 aromatic rings. The van der Waals surface area contributed by atoms with Crippen LogP contribution in [0.4, 0.5) is 5.69 Å². The van der Waals surface area contributed by atoms with Gasteiger partial charge in [0.15, 0.2) is 17.1 Å². The van der Waals surface area contributed by atoms with E-state index >= 15 is 0 Å². The number of carbonyl (C=O) groups is 1. The Hall–Kier alpha value is -4.07. The van der Waals surface area contributed by atoms with Crippen molar-refractivity contribution < 1.29 is 19.0 Å². The number of nitrogens with zero attached hydrogens (tertiary/aromatic N) is 3. The number of methoxy groups -OCH3 is 3. The van der Waals surface area contributed by atoms with Gasteiger partial charge in [-0.3, -0.25) is 4.79 Å². The second-order valence-corrected chi connectivity index (χ2v) is 7.96. The molecule has 2 aromatic heterocycles. The van der Waals surface area contributed by atoms with E-state index in [9.17, 15) is 4.79 Å². The summed E-state index contributed by atoms with van der Waals surface area (Å²) >= 11 is 0. The third kappa shape index (κ3) is 4.14. The largest absolute Gasteiger partial charge is 0.493 e. The number of benzene rings is 2. The summed E-state index contributed by atoms with van der Waals surface area (Å²) in [5.41, 5.74) is 6.79. The van der Waals surface area contributed by atoms with Gasteiger partial charge in [0.05, 0.1) is 33.4 Å². The molecule has 2 heterocycles. The Labute approximate surface area is 198 Å². The van der Waals surface area contributed by atoms with Gasteiger partial charge in [-0.05, 0) is 26.3 Å². The molecule has 1 amide bonds. The normalized spacial score (nSPS) is 10.9. The number of nitrogens with one attached hydrogen (secondary N) is 1. The summed E-state index contributed by atoms with van der Waals surface area (Å²) in [7, 11) is 4.60. The van der Waals surface area contributed by atoms with Gasteiger partial charge in [0.25, 0.3) is 0 Å². The van der Waals surface area contributed by atoms with Crippen molar-refractivity contribution >= 4 is 17.2 Å². The number of hydrogen-bond acceptors (Lipinski definition) is 6. The van der Waals surface area contributed by atoms with E-state index in [1.54, 1.807) is 12.1 Å². The summed E-state index contributed by atoms with van der Waals surface area (Å²) in [5, 5.41) is 7.65. The second-order valence-electron chi connectivity index (χ2n) is 7.96.